The zero-order chi connectivity index (χ0) is 22.4. The minimum Gasteiger partial charge on any atom is -0.326 e. The molecular weight excluding hydrogens is 428 g/mol. The number of hydrogen-bond acceptors (Lipinski definition) is 6. The summed E-state index contributed by atoms with van der Waals surface area (Å²) in [7, 11) is -3.46. The third-order valence-corrected chi connectivity index (χ3v) is 7.42. The zero-order valence-electron chi connectivity index (χ0n) is 17.7. The predicted molar refractivity (Wildman–Crippen MR) is 120 cm³/mol. The van der Waals surface area contributed by atoms with Crippen molar-refractivity contribution in [3.63, 3.8) is 0 Å². The molecule has 1 amide bonds. The summed E-state index contributed by atoms with van der Waals surface area (Å²) in [6.45, 7) is 1.16. The maximum atomic E-state index is 12.9. The lowest BCUT2D eigenvalue weighted by Crippen LogP contribution is -2.31. The van der Waals surface area contributed by atoms with Crippen molar-refractivity contribution < 1.29 is 13.2 Å². The second-order valence-electron chi connectivity index (χ2n) is 7.82. The molecule has 1 aromatic heterocycles. The molecule has 0 spiro atoms. The van der Waals surface area contributed by atoms with E-state index >= 15 is 0 Å². The number of nitrogens with zero attached hydrogens (tertiary/aromatic N) is 5. The molecular formula is C22H26N6O3S. The van der Waals surface area contributed by atoms with E-state index in [1.165, 1.54) is 11.0 Å². The highest BCUT2D eigenvalue weighted by molar-refractivity contribution is 7.89. The fourth-order valence-electron chi connectivity index (χ4n) is 3.75. The van der Waals surface area contributed by atoms with Gasteiger partial charge in [-0.3, -0.25) is 4.79 Å². The van der Waals surface area contributed by atoms with Crippen LogP contribution >= 0.6 is 0 Å². The molecule has 0 saturated carbocycles. The van der Waals surface area contributed by atoms with Crippen LogP contribution in [-0.2, 0) is 21.2 Å². The molecule has 1 fully saturated rings. The van der Waals surface area contributed by atoms with E-state index < -0.39 is 10.0 Å². The summed E-state index contributed by atoms with van der Waals surface area (Å²) < 4.78 is 28.9. The van der Waals surface area contributed by atoms with Crippen molar-refractivity contribution in [3.8, 4) is 5.69 Å². The SMILES string of the molecule is O=C(CCc1ccc(S(=O)(=O)N2CCCCCC2)cc1)Nc1cccc(-n2cnnn2)c1. The van der Waals surface area contributed by atoms with Crippen LogP contribution in [0.15, 0.2) is 59.8 Å². The Morgan fingerprint density at radius 1 is 1.00 bits per heavy atom. The number of anilines is 1. The summed E-state index contributed by atoms with van der Waals surface area (Å²) in [4.78, 5) is 12.7. The molecule has 32 heavy (non-hydrogen) atoms. The summed E-state index contributed by atoms with van der Waals surface area (Å²) in [5.74, 6) is -0.125. The first-order chi connectivity index (χ1) is 15.5. The van der Waals surface area contributed by atoms with Gasteiger partial charge in [0.25, 0.3) is 0 Å². The Balaban J connectivity index is 1.33. The number of nitrogens with one attached hydrogen (secondary N) is 1. The molecule has 0 bridgehead atoms. The minimum absolute atomic E-state index is 0.125. The number of benzene rings is 2. The zero-order valence-corrected chi connectivity index (χ0v) is 18.5. The number of amides is 1. The second kappa shape index (κ2) is 10.0. The van der Waals surface area contributed by atoms with E-state index in [-0.39, 0.29) is 12.3 Å². The van der Waals surface area contributed by atoms with Gasteiger partial charge in [0.15, 0.2) is 0 Å². The highest BCUT2D eigenvalue weighted by Gasteiger charge is 2.24. The van der Waals surface area contributed by atoms with Crippen molar-refractivity contribution in [2.24, 2.45) is 0 Å². The van der Waals surface area contributed by atoms with Gasteiger partial charge in [-0.15, -0.1) is 5.10 Å². The molecule has 2 aromatic carbocycles. The van der Waals surface area contributed by atoms with Crippen LogP contribution in [0.5, 0.6) is 0 Å². The van der Waals surface area contributed by atoms with Gasteiger partial charge < -0.3 is 5.32 Å². The molecule has 0 atom stereocenters. The van der Waals surface area contributed by atoms with Crippen LogP contribution < -0.4 is 5.32 Å². The van der Waals surface area contributed by atoms with E-state index in [9.17, 15) is 13.2 Å². The van der Waals surface area contributed by atoms with Crippen molar-refractivity contribution in [2.45, 2.75) is 43.4 Å². The first-order valence-corrected chi connectivity index (χ1v) is 12.2. The average molecular weight is 455 g/mol. The van der Waals surface area contributed by atoms with E-state index in [2.05, 4.69) is 20.8 Å². The van der Waals surface area contributed by atoms with Crippen molar-refractivity contribution in [1.82, 2.24) is 24.5 Å². The number of tetrazole rings is 1. The molecule has 10 heteroatoms. The number of carbonyl (C=O) groups excluding carboxylic acids is 1. The third kappa shape index (κ3) is 5.38. The van der Waals surface area contributed by atoms with Crippen molar-refractivity contribution >= 4 is 21.6 Å². The van der Waals surface area contributed by atoms with Gasteiger partial charge in [0.2, 0.25) is 15.9 Å². The standard InChI is InChI=1S/C22H26N6O3S/c29-22(24-19-6-5-7-20(16-19)28-17-23-25-26-28)13-10-18-8-11-21(12-9-18)32(30,31)27-14-3-1-2-4-15-27/h5-9,11-12,16-17H,1-4,10,13-15H2,(H,24,29). The third-order valence-electron chi connectivity index (χ3n) is 5.51. The van der Waals surface area contributed by atoms with Gasteiger partial charge in [-0.1, -0.05) is 31.0 Å². The summed E-state index contributed by atoms with van der Waals surface area (Å²) in [5.41, 5.74) is 2.31. The molecule has 1 N–H and O–H groups in total. The van der Waals surface area contributed by atoms with Crippen LogP contribution in [0.3, 0.4) is 0 Å². The lowest BCUT2D eigenvalue weighted by Gasteiger charge is -2.20. The molecule has 2 heterocycles. The maximum absolute atomic E-state index is 12.9. The molecule has 9 nitrogen and oxygen atoms in total. The second-order valence-corrected chi connectivity index (χ2v) is 9.75. The van der Waals surface area contributed by atoms with Gasteiger partial charge in [0.1, 0.15) is 6.33 Å². The predicted octanol–water partition coefficient (Wildman–Crippen LogP) is 2.80. The number of carbonyl (C=O) groups is 1. The van der Waals surface area contributed by atoms with Gasteiger partial charge in [-0.25, -0.2) is 13.1 Å². The average Bonchev–Trinajstić information content (AvgIpc) is 3.20. The van der Waals surface area contributed by atoms with Crippen molar-refractivity contribution in [1.29, 1.82) is 0 Å². The lowest BCUT2D eigenvalue weighted by molar-refractivity contribution is -0.116. The Morgan fingerprint density at radius 2 is 1.75 bits per heavy atom. The maximum Gasteiger partial charge on any atom is 0.243 e. The first-order valence-electron chi connectivity index (χ1n) is 10.7. The Bertz CT molecular complexity index is 1140. The van der Waals surface area contributed by atoms with Crippen molar-refractivity contribution in [3.05, 3.63) is 60.4 Å². The topological polar surface area (TPSA) is 110 Å². The van der Waals surface area contributed by atoms with Crippen LogP contribution in [0, 0.1) is 0 Å². The Morgan fingerprint density at radius 3 is 2.44 bits per heavy atom. The number of aromatic nitrogens is 4. The number of aryl methyl sites for hydroxylation is 1. The van der Waals surface area contributed by atoms with Crippen molar-refractivity contribution in [2.75, 3.05) is 18.4 Å². The normalized spacial score (nSPS) is 15.2. The van der Waals surface area contributed by atoms with Crippen LogP contribution in [0.25, 0.3) is 5.69 Å². The number of rotatable bonds is 7. The Labute approximate surface area is 187 Å². The van der Waals surface area contributed by atoms with Crippen LogP contribution in [0.2, 0.25) is 0 Å². The van der Waals surface area contributed by atoms with Gasteiger partial charge in [0.05, 0.1) is 10.6 Å². The van der Waals surface area contributed by atoms with Crippen LogP contribution in [0.1, 0.15) is 37.7 Å². The molecule has 0 aliphatic carbocycles. The van der Waals surface area contributed by atoms with Gasteiger partial charge in [-0.2, -0.15) is 4.31 Å². The van der Waals surface area contributed by atoms with Gasteiger partial charge in [0, 0.05) is 25.2 Å². The molecule has 1 aliphatic heterocycles. The molecule has 1 aliphatic rings. The quantitative estimate of drug-likeness (QED) is 0.588. The highest BCUT2D eigenvalue weighted by atomic mass is 32.2. The van der Waals surface area contributed by atoms with E-state index in [1.807, 2.05) is 12.1 Å². The van der Waals surface area contributed by atoms with Gasteiger partial charge >= 0.3 is 0 Å². The minimum atomic E-state index is -3.46. The number of sulfonamides is 1. The Hall–Kier alpha value is -3.11. The van der Waals surface area contributed by atoms with Gasteiger partial charge in [-0.05, 0) is 65.6 Å². The Kier molecular flexibility index (Phi) is 6.91. The molecule has 3 aromatic rings. The molecule has 4 rings (SSSR count). The summed E-state index contributed by atoms with van der Waals surface area (Å²) in [5, 5.41) is 13.9. The fraction of sp³-hybridized carbons (Fsp3) is 0.364. The summed E-state index contributed by atoms with van der Waals surface area (Å²) in [6.07, 6.45) is 6.26. The largest absolute Gasteiger partial charge is 0.326 e. The lowest BCUT2D eigenvalue weighted by atomic mass is 10.1. The van der Waals surface area contributed by atoms with Crippen LogP contribution in [-0.4, -0.2) is 51.9 Å². The van der Waals surface area contributed by atoms with Crippen LogP contribution in [0.4, 0.5) is 5.69 Å². The van der Waals surface area contributed by atoms with E-state index in [0.717, 1.165) is 36.9 Å². The highest BCUT2D eigenvalue weighted by Crippen LogP contribution is 2.21. The smallest absolute Gasteiger partial charge is 0.243 e. The van der Waals surface area contributed by atoms with E-state index in [0.29, 0.717) is 30.1 Å². The first kappa shape index (κ1) is 22.1. The summed E-state index contributed by atoms with van der Waals surface area (Å²) in [6, 6.07) is 14.1. The monoisotopic (exact) mass is 454 g/mol. The fourth-order valence-corrected chi connectivity index (χ4v) is 5.26. The summed E-state index contributed by atoms with van der Waals surface area (Å²) >= 11 is 0. The molecule has 0 unspecified atom stereocenters. The molecule has 168 valence electrons. The number of hydrogen-bond donors (Lipinski definition) is 1. The van der Waals surface area contributed by atoms with E-state index in [1.54, 1.807) is 40.7 Å². The molecule has 1 saturated heterocycles. The molecule has 0 radical (unpaired) electrons. The van der Waals surface area contributed by atoms with E-state index in [4.69, 9.17) is 0 Å².